The maximum Gasteiger partial charge on any atom is 0.147 e. The molecular formula is C13H19N3O2S. The smallest absolute Gasteiger partial charge is 0.147 e. The molecule has 0 unspecified atom stereocenters. The summed E-state index contributed by atoms with van der Waals surface area (Å²) in [4.78, 5) is 4.38. The second-order valence-electron chi connectivity index (χ2n) is 4.74. The largest absolute Gasteiger partial charge is 0.332 e. The third kappa shape index (κ3) is 3.54. The van der Waals surface area contributed by atoms with Crippen molar-refractivity contribution in [1.29, 1.82) is 0 Å². The van der Waals surface area contributed by atoms with Crippen LogP contribution in [-0.4, -0.2) is 37.0 Å². The van der Waals surface area contributed by atoms with E-state index >= 15 is 0 Å². The number of nitrogens with one attached hydrogen (secondary N) is 1. The van der Waals surface area contributed by atoms with Crippen molar-refractivity contribution >= 4 is 20.9 Å². The molecule has 2 heterocycles. The van der Waals surface area contributed by atoms with Crippen molar-refractivity contribution in [3.8, 4) is 0 Å². The van der Waals surface area contributed by atoms with E-state index in [-0.39, 0.29) is 5.75 Å². The van der Waals surface area contributed by atoms with Crippen LogP contribution in [-0.2, 0) is 22.9 Å². The number of fused-ring (bicyclic) bond motifs is 1. The summed E-state index contributed by atoms with van der Waals surface area (Å²) in [7, 11) is -0.991. The summed E-state index contributed by atoms with van der Waals surface area (Å²) >= 11 is 0. The number of nitrogens with zero attached hydrogens (tertiary/aromatic N) is 2. The molecule has 2 aromatic rings. The first-order valence-electron chi connectivity index (χ1n) is 6.26. The van der Waals surface area contributed by atoms with Gasteiger partial charge in [0.15, 0.2) is 0 Å². The monoisotopic (exact) mass is 281 g/mol. The van der Waals surface area contributed by atoms with Gasteiger partial charge in [-0.25, -0.2) is 13.4 Å². The van der Waals surface area contributed by atoms with E-state index in [1.807, 2.05) is 23.7 Å². The highest BCUT2D eigenvalue weighted by Crippen LogP contribution is 2.19. The molecule has 0 aliphatic rings. The number of aryl methyl sites for hydroxylation is 1. The number of hydrogen-bond acceptors (Lipinski definition) is 4. The minimum atomic E-state index is -2.90. The van der Waals surface area contributed by atoms with Crippen LogP contribution in [0.3, 0.4) is 0 Å². The molecule has 0 fully saturated rings. The fourth-order valence-electron chi connectivity index (χ4n) is 2.19. The molecule has 0 aliphatic carbocycles. The van der Waals surface area contributed by atoms with E-state index in [0.29, 0.717) is 13.0 Å². The van der Waals surface area contributed by atoms with Crippen LogP contribution in [0.2, 0.25) is 0 Å². The minimum Gasteiger partial charge on any atom is -0.332 e. The first-order valence-corrected chi connectivity index (χ1v) is 8.32. The number of sulfone groups is 1. The highest BCUT2D eigenvalue weighted by Gasteiger charge is 2.09. The highest BCUT2D eigenvalue weighted by molar-refractivity contribution is 7.90. The average molecular weight is 281 g/mol. The molecule has 2 aromatic heterocycles. The molecule has 0 radical (unpaired) electrons. The molecule has 19 heavy (non-hydrogen) atoms. The fourth-order valence-corrected chi connectivity index (χ4v) is 2.85. The van der Waals surface area contributed by atoms with Crippen molar-refractivity contribution in [2.75, 3.05) is 19.1 Å². The summed E-state index contributed by atoms with van der Waals surface area (Å²) in [6, 6.07) is 3.96. The Morgan fingerprint density at radius 3 is 2.89 bits per heavy atom. The quantitative estimate of drug-likeness (QED) is 0.864. The van der Waals surface area contributed by atoms with Crippen LogP contribution in [0.15, 0.2) is 24.5 Å². The maximum absolute atomic E-state index is 11.2. The van der Waals surface area contributed by atoms with Crippen LogP contribution >= 0.6 is 0 Å². The molecule has 0 saturated heterocycles. The molecular weight excluding hydrogens is 262 g/mol. The molecule has 0 bridgehead atoms. The molecule has 0 atom stereocenters. The Morgan fingerprint density at radius 2 is 2.21 bits per heavy atom. The number of pyridine rings is 1. The maximum atomic E-state index is 11.2. The second kappa shape index (κ2) is 5.71. The normalized spacial score (nSPS) is 12.1. The zero-order chi connectivity index (χ0) is 13.9. The van der Waals surface area contributed by atoms with Gasteiger partial charge in [-0.2, -0.15) is 0 Å². The van der Waals surface area contributed by atoms with Gasteiger partial charge in [0.25, 0.3) is 0 Å². The summed E-state index contributed by atoms with van der Waals surface area (Å²) in [6.07, 6.45) is 5.69. The van der Waals surface area contributed by atoms with Crippen LogP contribution in [0.4, 0.5) is 0 Å². The molecule has 5 nitrogen and oxygen atoms in total. The van der Waals surface area contributed by atoms with E-state index < -0.39 is 9.84 Å². The van der Waals surface area contributed by atoms with Crippen molar-refractivity contribution in [3.63, 3.8) is 0 Å². The van der Waals surface area contributed by atoms with Gasteiger partial charge in [0, 0.05) is 37.1 Å². The highest BCUT2D eigenvalue weighted by atomic mass is 32.2. The summed E-state index contributed by atoms with van der Waals surface area (Å²) < 4.78 is 24.4. The van der Waals surface area contributed by atoms with E-state index in [1.54, 1.807) is 6.20 Å². The van der Waals surface area contributed by atoms with E-state index in [2.05, 4.69) is 16.5 Å². The lowest BCUT2D eigenvalue weighted by atomic mass is 10.2. The van der Waals surface area contributed by atoms with Gasteiger partial charge < -0.3 is 9.88 Å². The molecule has 2 rings (SSSR count). The SMILES string of the molecule is CNCc1cn(CCCS(C)(=O)=O)c2ncccc12. The average Bonchev–Trinajstić information content (AvgIpc) is 2.68. The van der Waals surface area contributed by atoms with Gasteiger partial charge in [0.05, 0.1) is 5.75 Å². The second-order valence-corrected chi connectivity index (χ2v) is 7.00. The van der Waals surface area contributed by atoms with E-state index in [4.69, 9.17) is 0 Å². The third-order valence-electron chi connectivity index (χ3n) is 3.00. The predicted molar refractivity (Wildman–Crippen MR) is 76.8 cm³/mol. The first-order chi connectivity index (χ1) is 9.01. The summed E-state index contributed by atoms with van der Waals surface area (Å²) in [5.41, 5.74) is 2.10. The molecule has 0 saturated carbocycles. The van der Waals surface area contributed by atoms with Crippen molar-refractivity contribution in [1.82, 2.24) is 14.9 Å². The van der Waals surface area contributed by atoms with Gasteiger partial charge in [-0.1, -0.05) is 0 Å². The van der Waals surface area contributed by atoms with Crippen molar-refractivity contribution in [3.05, 3.63) is 30.1 Å². The third-order valence-corrected chi connectivity index (χ3v) is 4.03. The van der Waals surface area contributed by atoms with Gasteiger partial charge in [0.2, 0.25) is 0 Å². The Bertz CT molecular complexity index is 662. The molecule has 0 spiro atoms. The minimum absolute atomic E-state index is 0.209. The van der Waals surface area contributed by atoms with Gasteiger partial charge in [-0.3, -0.25) is 0 Å². The summed E-state index contributed by atoms with van der Waals surface area (Å²) in [5.74, 6) is 0.209. The lowest BCUT2D eigenvalue weighted by Gasteiger charge is -2.03. The Hall–Kier alpha value is -1.40. The molecule has 0 amide bonds. The number of rotatable bonds is 6. The molecule has 1 N–H and O–H groups in total. The van der Waals surface area contributed by atoms with Crippen LogP contribution in [0, 0.1) is 0 Å². The standard InChI is InChI=1S/C13H19N3O2S/c1-14-9-11-10-16(7-4-8-19(2,17)18)13-12(11)5-3-6-15-13/h3,5-6,10,14H,4,7-9H2,1-2H3. The molecule has 104 valence electrons. The Morgan fingerprint density at radius 1 is 1.42 bits per heavy atom. The lowest BCUT2D eigenvalue weighted by molar-refractivity contribution is 0.593. The van der Waals surface area contributed by atoms with E-state index in [0.717, 1.165) is 17.6 Å². The summed E-state index contributed by atoms with van der Waals surface area (Å²) in [5, 5.41) is 4.25. The molecule has 0 aliphatic heterocycles. The number of aromatic nitrogens is 2. The van der Waals surface area contributed by atoms with Crippen LogP contribution < -0.4 is 5.32 Å². The van der Waals surface area contributed by atoms with E-state index in [1.165, 1.54) is 11.8 Å². The zero-order valence-electron chi connectivity index (χ0n) is 11.3. The zero-order valence-corrected chi connectivity index (χ0v) is 12.1. The van der Waals surface area contributed by atoms with E-state index in [9.17, 15) is 8.42 Å². The van der Waals surface area contributed by atoms with Crippen molar-refractivity contribution in [2.45, 2.75) is 19.5 Å². The molecule has 6 heteroatoms. The topological polar surface area (TPSA) is 64.0 Å². The number of hydrogen-bond donors (Lipinski definition) is 1. The predicted octanol–water partition coefficient (Wildman–Crippen LogP) is 1.19. The lowest BCUT2D eigenvalue weighted by Crippen LogP contribution is -2.07. The van der Waals surface area contributed by atoms with Crippen molar-refractivity contribution in [2.24, 2.45) is 0 Å². The van der Waals surface area contributed by atoms with Gasteiger partial charge >= 0.3 is 0 Å². The fraction of sp³-hybridized carbons (Fsp3) is 0.462. The van der Waals surface area contributed by atoms with Crippen LogP contribution in [0.5, 0.6) is 0 Å². The van der Waals surface area contributed by atoms with Crippen molar-refractivity contribution < 1.29 is 8.42 Å². The van der Waals surface area contributed by atoms with Gasteiger partial charge in [0.1, 0.15) is 15.5 Å². The van der Waals surface area contributed by atoms with Crippen LogP contribution in [0.1, 0.15) is 12.0 Å². The van der Waals surface area contributed by atoms with Gasteiger partial charge in [-0.15, -0.1) is 0 Å². The Balaban J connectivity index is 2.23. The van der Waals surface area contributed by atoms with Crippen LogP contribution in [0.25, 0.3) is 11.0 Å². The Labute approximate surface area is 113 Å². The first kappa shape index (κ1) is 14.0. The molecule has 0 aromatic carbocycles. The van der Waals surface area contributed by atoms with Gasteiger partial charge in [-0.05, 0) is 31.2 Å². The summed E-state index contributed by atoms with van der Waals surface area (Å²) in [6.45, 7) is 1.45. The Kier molecular flexibility index (Phi) is 4.21.